The molecular formula is C18H20ClFN6O6S. The Morgan fingerprint density at radius 3 is 2.76 bits per heavy atom. The predicted molar refractivity (Wildman–Crippen MR) is 115 cm³/mol. The van der Waals surface area contributed by atoms with Crippen LogP contribution in [0.2, 0.25) is 5.15 Å². The van der Waals surface area contributed by atoms with Crippen molar-refractivity contribution in [1.82, 2.24) is 24.5 Å². The maximum absolute atomic E-state index is 14.9. The first-order valence-electron chi connectivity index (χ1n) is 9.36. The molecular weight excluding hydrogens is 483 g/mol. The van der Waals surface area contributed by atoms with Gasteiger partial charge >= 0.3 is 12.2 Å². The molecule has 0 aliphatic carbocycles. The van der Waals surface area contributed by atoms with Crippen LogP contribution in [-0.4, -0.2) is 61.5 Å². The second-order valence-corrected chi connectivity index (χ2v) is 9.01. The number of rotatable bonds is 6. The zero-order valence-corrected chi connectivity index (χ0v) is 19.5. The fourth-order valence-corrected chi connectivity index (χ4v) is 3.49. The van der Waals surface area contributed by atoms with Crippen LogP contribution in [-0.2, 0) is 16.8 Å². The third-order valence-corrected chi connectivity index (χ3v) is 5.87. The summed E-state index contributed by atoms with van der Waals surface area (Å²) in [5, 5.41) is -0.132. The van der Waals surface area contributed by atoms with Crippen molar-refractivity contribution in [2.24, 2.45) is 0 Å². The lowest BCUT2D eigenvalue weighted by atomic mass is 10.1. The number of nitrogens with one attached hydrogen (secondary N) is 2. The molecule has 2 aromatic rings. The van der Waals surface area contributed by atoms with Crippen LogP contribution in [0.5, 0.6) is 11.5 Å². The van der Waals surface area contributed by atoms with Crippen molar-refractivity contribution in [3.63, 3.8) is 0 Å². The zero-order chi connectivity index (χ0) is 24.5. The first kappa shape index (κ1) is 24.4. The number of hydrogen-bond acceptors (Lipinski definition) is 8. The molecule has 1 aliphatic rings. The Morgan fingerprint density at radius 1 is 1.42 bits per heavy atom. The van der Waals surface area contributed by atoms with Gasteiger partial charge in [0.25, 0.3) is 10.2 Å². The number of halogens is 2. The second-order valence-electron chi connectivity index (χ2n) is 7.04. The minimum absolute atomic E-state index is 0.0197. The van der Waals surface area contributed by atoms with Crippen LogP contribution in [0.3, 0.4) is 0 Å². The average Bonchev–Trinajstić information content (AvgIpc) is 2.74. The van der Waals surface area contributed by atoms with E-state index in [0.717, 1.165) is 7.05 Å². The molecule has 0 unspecified atom stereocenters. The van der Waals surface area contributed by atoms with E-state index in [2.05, 4.69) is 9.97 Å². The topological polar surface area (TPSA) is 143 Å². The van der Waals surface area contributed by atoms with Gasteiger partial charge in [-0.2, -0.15) is 8.42 Å². The van der Waals surface area contributed by atoms with Gasteiger partial charge in [-0.1, -0.05) is 11.6 Å². The molecule has 2 amide bonds. The Labute approximate surface area is 193 Å². The van der Waals surface area contributed by atoms with Crippen molar-refractivity contribution in [2.45, 2.75) is 19.5 Å². The van der Waals surface area contributed by atoms with Gasteiger partial charge in [0.1, 0.15) is 5.69 Å². The lowest BCUT2D eigenvalue weighted by molar-refractivity contribution is 0.114. The third-order valence-electron chi connectivity index (χ3n) is 4.60. The van der Waals surface area contributed by atoms with Crippen molar-refractivity contribution < 1.29 is 31.9 Å². The molecule has 0 spiro atoms. The summed E-state index contributed by atoms with van der Waals surface area (Å²) in [7, 11) is 0.113. The summed E-state index contributed by atoms with van der Waals surface area (Å²) < 4.78 is 52.5. The summed E-state index contributed by atoms with van der Waals surface area (Å²) in [6, 6.07) is 1.86. The first-order chi connectivity index (χ1) is 15.4. The maximum Gasteiger partial charge on any atom is 0.416 e. The van der Waals surface area contributed by atoms with Crippen molar-refractivity contribution in [2.75, 3.05) is 25.9 Å². The van der Waals surface area contributed by atoms with E-state index in [0.29, 0.717) is 0 Å². The fourth-order valence-electron chi connectivity index (χ4n) is 2.81. The molecule has 33 heavy (non-hydrogen) atoms. The molecule has 0 aromatic carbocycles. The van der Waals surface area contributed by atoms with E-state index in [4.69, 9.17) is 21.1 Å². The predicted octanol–water partition coefficient (Wildman–Crippen LogP) is 2.28. The first-order valence-corrected chi connectivity index (χ1v) is 11.2. The summed E-state index contributed by atoms with van der Waals surface area (Å²) in [5.41, 5.74) is 0.239. The molecule has 1 aliphatic heterocycles. The highest BCUT2D eigenvalue weighted by molar-refractivity contribution is 7.90. The molecule has 2 N–H and O–H groups in total. The molecule has 0 radical (unpaired) electrons. The number of hydrogen-bond donors (Lipinski definition) is 2. The van der Waals surface area contributed by atoms with Crippen molar-refractivity contribution in [3.05, 3.63) is 40.6 Å². The average molecular weight is 503 g/mol. The zero-order valence-electron chi connectivity index (χ0n) is 17.9. The van der Waals surface area contributed by atoms with Crippen LogP contribution in [0.4, 0.5) is 19.8 Å². The van der Waals surface area contributed by atoms with Crippen LogP contribution in [0.1, 0.15) is 24.2 Å². The van der Waals surface area contributed by atoms with Crippen LogP contribution in [0, 0.1) is 5.82 Å². The number of ether oxygens (including phenoxy) is 2. The number of fused-ring (bicyclic) bond motifs is 1. The largest absolute Gasteiger partial charge is 0.416 e. The van der Waals surface area contributed by atoms with Crippen molar-refractivity contribution in [3.8, 4) is 11.5 Å². The van der Waals surface area contributed by atoms with Gasteiger partial charge in [0.15, 0.2) is 28.3 Å². The maximum atomic E-state index is 14.9. The molecule has 3 rings (SSSR count). The van der Waals surface area contributed by atoms with Gasteiger partial charge in [0, 0.05) is 39.0 Å². The van der Waals surface area contributed by atoms with Gasteiger partial charge in [-0.3, -0.25) is 9.62 Å². The van der Waals surface area contributed by atoms with Crippen LogP contribution in [0.15, 0.2) is 18.3 Å². The summed E-state index contributed by atoms with van der Waals surface area (Å²) in [4.78, 5) is 34.6. The van der Waals surface area contributed by atoms with Gasteiger partial charge < -0.3 is 14.4 Å². The van der Waals surface area contributed by atoms with Gasteiger partial charge in [0.2, 0.25) is 0 Å². The smallest absolute Gasteiger partial charge is 0.408 e. The Kier molecular flexibility index (Phi) is 6.90. The van der Waals surface area contributed by atoms with E-state index < -0.39 is 40.1 Å². The minimum atomic E-state index is -4.00. The molecule has 0 fully saturated rings. The number of nitrogens with zero attached hydrogens (tertiary/aromatic N) is 4. The summed E-state index contributed by atoms with van der Waals surface area (Å²) in [6.07, 6.45) is -0.328. The van der Waals surface area contributed by atoms with Gasteiger partial charge in [-0.05, 0) is 13.0 Å². The Hall–Kier alpha value is -3.23. The molecule has 3 heterocycles. The number of aromatic nitrogens is 2. The standard InChI is InChI=1S/C18H20ClFN6O6S/c1-9-14-11(7-12(15(19)23-14)32-17(27)25(3)4)31-18(28)26(9)8-10-5-6-22-16(13(10)20)24-33(29,30)21-2/h5-7,9,21H,8H2,1-4H3,(H,22,24)/t9-/m0/s1. The Balaban J connectivity index is 1.88. The molecule has 0 saturated heterocycles. The molecule has 2 aromatic heterocycles. The Bertz CT molecular complexity index is 1210. The molecule has 1 atom stereocenters. The van der Waals surface area contributed by atoms with E-state index >= 15 is 0 Å². The van der Waals surface area contributed by atoms with Crippen molar-refractivity contribution >= 4 is 39.8 Å². The van der Waals surface area contributed by atoms with Gasteiger partial charge in [-0.25, -0.2) is 28.7 Å². The summed E-state index contributed by atoms with van der Waals surface area (Å²) >= 11 is 6.14. The molecule has 15 heteroatoms. The third kappa shape index (κ3) is 5.23. The fraction of sp³-hybridized carbons (Fsp3) is 0.333. The molecule has 0 bridgehead atoms. The van der Waals surface area contributed by atoms with Crippen LogP contribution >= 0.6 is 11.6 Å². The lowest BCUT2D eigenvalue weighted by Gasteiger charge is -2.33. The highest BCUT2D eigenvalue weighted by atomic mass is 35.5. The monoisotopic (exact) mass is 502 g/mol. The number of carbonyl (C=O) groups is 2. The molecule has 178 valence electrons. The molecule has 12 nitrogen and oxygen atoms in total. The number of anilines is 1. The van der Waals surface area contributed by atoms with E-state index in [1.165, 1.54) is 42.2 Å². The minimum Gasteiger partial charge on any atom is -0.408 e. The normalized spacial score (nSPS) is 15.5. The number of carbonyl (C=O) groups excluding carboxylic acids is 2. The lowest BCUT2D eigenvalue weighted by Crippen LogP contribution is -2.40. The van der Waals surface area contributed by atoms with Gasteiger partial charge in [0.05, 0.1) is 12.6 Å². The summed E-state index contributed by atoms with van der Waals surface area (Å²) in [5.74, 6) is -1.55. The number of pyridine rings is 2. The SMILES string of the molecule is CNS(=O)(=O)Nc1nccc(CN2C(=O)Oc3cc(OC(=O)N(C)C)c(Cl)nc3[C@@H]2C)c1F. The van der Waals surface area contributed by atoms with Crippen LogP contribution < -0.4 is 18.9 Å². The highest BCUT2D eigenvalue weighted by Crippen LogP contribution is 2.39. The van der Waals surface area contributed by atoms with E-state index in [1.54, 1.807) is 6.92 Å². The van der Waals surface area contributed by atoms with Crippen LogP contribution in [0.25, 0.3) is 0 Å². The summed E-state index contributed by atoms with van der Waals surface area (Å²) in [6.45, 7) is 1.34. The highest BCUT2D eigenvalue weighted by Gasteiger charge is 2.35. The van der Waals surface area contributed by atoms with Gasteiger partial charge in [-0.15, -0.1) is 0 Å². The van der Waals surface area contributed by atoms with E-state index in [9.17, 15) is 22.4 Å². The second kappa shape index (κ2) is 9.33. The van der Waals surface area contributed by atoms with Crippen molar-refractivity contribution in [1.29, 1.82) is 0 Å². The molecule has 0 saturated carbocycles. The van der Waals surface area contributed by atoms with E-state index in [1.807, 2.05) is 9.44 Å². The number of amides is 2. The Morgan fingerprint density at radius 2 is 2.12 bits per heavy atom. The van der Waals surface area contributed by atoms with E-state index in [-0.39, 0.29) is 34.5 Å². The quantitative estimate of drug-likeness (QED) is 0.573.